The topological polar surface area (TPSA) is 72.5 Å². The molecule has 1 unspecified atom stereocenters. The van der Waals surface area contributed by atoms with Crippen LogP contribution in [0.4, 0.5) is 0 Å². The predicted octanol–water partition coefficient (Wildman–Crippen LogP) is 3.52. The first-order valence-corrected chi connectivity index (χ1v) is 10.8. The number of carbonyl (C=O) groups is 1. The number of benzene rings is 2. The minimum absolute atomic E-state index is 0.0227. The normalized spacial score (nSPS) is 26.2. The number of sulfonamides is 1. The number of amides is 1. The van der Waals surface area contributed by atoms with E-state index in [1.165, 1.54) is 0 Å². The van der Waals surface area contributed by atoms with E-state index in [4.69, 9.17) is 4.74 Å². The van der Waals surface area contributed by atoms with Crippen molar-refractivity contribution in [2.45, 2.75) is 37.4 Å². The monoisotopic (exact) mass is 397 g/mol. The van der Waals surface area contributed by atoms with Crippen molar-refractivity contribution in [3.05, 3.63) is 77.9 Å². The van der Waals surface area contributed by atoms with Gasteiger partial charge in [0.1, 0.15) is 0 Å². The van der Waals surface area contributed by atoms with Crippen LogP contribution in [-0.4, -0.2) is 14.3 Å². The molecule has 6 heteroatoms. The highest BCUT2D eigenvalue weighted by molar-refractivity contribution is 7.90. The molecular weight excluding hydrogens is 374 g/mol. The molecule has 1 fully saturated rings. The van der Waals surface area contributed by atoms with E-state index >= 15 is 0 Å². The van der Waals surface area contributed by atoms with Crippen molar-refractivity contribution in [3.8, 4) is 0 Å². The van der Waals surface area contributed by atoms with Crippen LogP contribution in [0.3, 0.4) is 0 Å². The third kappa shape index (κ3) is 3.38. The third-order valence-corrected chi connectivity index (χ3v) is 7.17. The van der Waals surface area contributed by atoms with Crippen LogP contribution in [0, 0.1) is 11.3 Å². The number of hydrogen-bond donors (Lipinski definition) is 1. The fourth-order valence-electron chi connectivity index (χ4n) is 3.73. The Balaban J connectivity index is 1.51. The van der Waals surface area contributed by atoms with Gasteiger partial charge < -0.3 is 4.74 Å². The highest BCUT2D eigenvalue weighted by Gasteiger charge is 2.55. The lowest BCUT2D eigenvalue weighted by Gasteiger charge is -2.26. The highest BCUT2D eigenvalue weighted by Crippen LogP contribution is 2.53. The van der Waals surface area contributed by atoms with Gasteiger partial charge in [-0.3, -0.25) is 4.79 Å². The molecule has 3 atom stereocenters. The molecule has 28 heavy (non-hydrogen) atoms. The Bertz CT molecular complexity index is 1030. The minimum atomic E-state index is -3.92. The van der Waals surface area contributed by atoms with E-state index in [-0.39, 0.29) is 16.9 Å². The zero-order chi connectivity index (χ0) is 19.9. The molecule has 1 aliphatic carbocycles. The van der Waals surface area contributed by atoms with E-state index in [9.17, 15) is 13.2 Å². The standard InChI is InChI=1S/C22H23NO4S/c1-3-18-13-22(18,2)21(24)23-28(25,26)19-10-9-16-12-20(27-14-17(16)11-19)15-7-5-4-6-8-15/h3-11,18,20H,1,12-14H2,2H3,(H,23,24)/t18-,20?,22+/m1/s1. The van der Waals surface area contributed by atoms with Crippen molar-refractivity contribution in [2.75, 3.05) is 0 Å². The van der Waals surface area contributed by atoms with E-state index in [1.54, 1.807) is 25.1 Å². The third-order valence-electron chi connectivity index (χ3n) is 5.84. The quantitative estimate of drug-likeness (QED) is 0.784. The van der Waals surface area contributed by atoms with Crippen LogP contribution in [0.1, 0.15) is 36.1 Å². The van der Waals surface area contributed by atoms with Crippen molar-refractivity contribution in [1.82, 2.24) is 4.72 Å². The first-order valence-electron chi connectivity index (χ1n) is 9.31. The molecule has 2 aliphatic rings. The van der Waals surface area contributed by atoms with Crippen molar-refractivity contribution < 1.29 is 17.9 Å². The number of fused-ring (bicyclic) bond motifs is 1. The number of allylic oxidation sites excluding steroid dienone is 1. The maximum absolute atomic E-state index is 12.7. The molecule has 1 N–H and O–H groups in total. The lowest BCUT2D eigenvalue weighted by molar-refractivity contribution is -0.124. The molecule has 146 valence electrons. The fraction of sp³-hybridized carbons (Fsp3) is 0.318. The van der Waals surface area contributed by atoms with Gasteiger partial charge in [0, 0.05) is 6.42 Å². The maximum Gasteiger partial charge on any atom is 0.264 e. The first kappa shape index (κ1) is 18.9. The van der Waals surface area contributed by atoms with Gasteiger partial charge in [-0.25, -0.2) is 13.1 Å². The Hall–Kier alpha value is -2.44. The van der Waals surface area contributed by atoms with Crippen molar-refractivity contribution in [3.63, 3.8) is 0 Å². The SMILES string of the molecule is C=C[C@@H]1C[C@]1(C)C(=O)NS(=O)(=O)c1ccc2c(c1)COC(c1ccccc1)C2. The van der Waals surface area contributed by atoms with Gasteiger partial charge in [0.15, 0.2) is 0 Å². The first-order chi connectivity index (χ1) is 13.3. The number of nitrogens with one attached hydrogen (secondary N) is 1. The van der Waals surface area contributed by atoms with E-state index in [0.717, 1.165) is 16.7 Å². The smallest absolute Gasteiger partial charge is 0.264 e. The largest absolute Gasteiger partial charge is 0.368 e. The summed E-state index contributed by atoms with van der Waals surface area (Å²) in [6.07, 6.45) is 2.97. The minimum Gasteiger partial charge on any atom is -0.368 e. The van der Waals surface area contributed by atoms with Crippen LogP contribution in [0.5, 0.6) is 0 Å². The van der Waals surface area contributed by atoms with Gasteiger partial charge in [-0.1, -0.05) is 49.4 Å². The van der Waals surface area contributed by atoms with Crippen LogP contribution >= 0.6 is 0 Å². The number of rotatable bonds is 5. The van der Waals surface area contributed by atoms with Gasteiger partial charge in [0.05, 0.1) is 23.0 Å². The Morgan fingerprint density at radius 2 is 1.96 bits per heavy atom. The average molecular weight is 397 g/mol. The van der Waals surface area contributed by atoms with Gasteiger partial charge in [0.25, 0.3) is 10.0 Å². The zero-order valence-electron chi connectivity index (χ0n) is 15.7. The molecule has 1 saturated carbocycles. The second-order valence-electron chi connectivity index (χ2n) is 7.74. The van der Waals surface area contributed by atoms with E-state index < -0.39 is 21.3 Å². The van der Waals surface area contributed by atoms with E-state index in [0.29, 0.717) is 19.4 Å². The molecule has 1 heterocycles. The predicted molar refractivity (Wildman–Crippen MR) is 106 cm³/mol. The average Bonchev–Trinajstić information content (AvgIpc) is 3.39. The number of ether oxygens (including phenoxy) is 1. The lowest BCUT2D eigenvalue weighted by atomic mass is 9.95. The molecule has 1 aliphatic heterocycles. The Labute approximate surface area is 165 Å². The number of carbonyl (C=O) groups excluding carboxylic acids is 1. The second kappa shape index (κ2) is 6.87. The summed E-state index contributed by atoms with van der Waals surface area (Å²) in [5.41, 5.74) is 2.32. The molecule has 4 rings (SSSR count). The fourth-order valence-corrected chi connectivity index (χ4v) is 4.87. The molecular formula is C22H23NO4S. The summed E-state index contributed by atoms with van der Waals surface area (Å²) in [5.74, 6) is -0.454. The Morgan fingerprint density at radius 1 is 1.21 bits per heavy atom. The summed E-state index contributed by atoms with van der Waals surface area (Å²) in [6.45, 7) is 5.78. The zero-order valence-corrected chi connectivity index (χ0v) is 16.5. The molecule has 0 bridgehead atoms. The number of hydrogen-bond acceptors (Lipinski definition) is 4. The van der Waals surface area contributed by atoms with Gasteiger partial charge in [-0.15, -0.1) is 6.58 Å². The molecule has 2 aromatic carbocycles. The summed E-state index contributed by atoms with van der Waals surface area (Å²) in [6, 6.07) is 14.9. The Morgan fingerprint density at radius 3 is 2.64 bits per heavy atom. The van der Waals surface area contributed by atoms with Gasteiger partial charge in [-0.2, -0.15) is 0 Å². The second-order valence-corrected chi connectivity index (χ2v) is 9.43. The van der Waals surface area contributed by atoms with Crippen LogP contribution in [-0.2, 0) is 32.6 Å². The van der Waals surface area contributed by atoms with Gasteiger partial charge in [-0.05, 0) is 41.2 Å². The summed E-state index contributed by atoms with van der Waals surface area (Å²) in [7, 11) is -3.92. The van der Waals surface area contributed by atoms with Crippen LogP contribution in [0.25, 0.3) is 0 Å². The van der Waals surface area contributed by atoms with Crippen LogP contribution in [0.2, 0.25) is 0 Å². The molecule has 5 nitrogen and oxygen atoms in total. The molecule has 0 spiro atoms. The molecule has 0 saturated heterocycles. The summed E-state index contributed by atoms with van der Waals surface area (Å²) in [4.78, 5) is 12.5. The van der Waals surface area contributed by atoms with Crippen molar-refractivity contribution >= 4 is 15.9 Å². The summed E-state index contributed by atoms with van der Waals surface area (Å²) < 4.78 is 33.5. The van der Waals surface area contributed by atoms with Crippen molar-refractivity contribution in [1.29, 1.82) is 0 Å². The van der Waals surface area contributed by atoms with Gasteiger partial charge >= 0.3 is 0 Å². The molecule has 0 radical (unpaired) electrons. The van der Waals surface area contributed by atoms with Crippen LogP contribution < -0.4 is 4.72 Å². The highest BCUT2D eigenvalue weighted by atomic mass is 32.2. The lowest BCUT2D eigenvalue weighted by Crippen LogP contribution is -2.36. The molecule has 1 amide bonds. The summed E-state index contributed by atoms with van der Waals surface area (Å²) in [5, 5.41) is 0. The molecule has 2 aromatic rings. The summed E-state index contributed by atoms with van der Waals surface area (Å²) >= 11 is 0. The van der Waals surface area contributed by atoms with Gasteiger partial charge in [0.2, 0.25) is 5.91 Å². The molecule has 0 aromatic heterocycles. The van der Waals surface area contributed by atoms with E-state index in [2.05, 4.69) is 11.3 Å². The van der Waals surface area contributed by atoms with Crippen molar-refractivity contribution in [2.24, 2.45) is 11.3 Å². The Kier molecular flexibility index (Phi) is 4.63. The van der Waals surface area contributed by atoms with E-state index in [1.807, 2.05) is 36.4 Å². The maximum atomic E-state index is 12.7. The van der Waals surface area contributed by atoms with Crippen LogP contribution in [0.15, 0.2) is 66.1 Å².